The van der Waals surface area contributed by atoms with Gasteiger partial charge in [0.05, 0.1) is 0 Å². The molecule has 0 saturated heterocycles. The third kappa shape index (κ3) is 3.36. The van der Waals surface area contributed by atoms with Gasteiger partial charge in [0.2, 0.25) is 11.8 Å². The third-order valence-electron chi connectivity index (χ3n) is 2.54. The first-order valence-electron chi connectivity index (χ1n) is 5.14. The first-order valence-corrected chi connectivity index (χ1v) is 5.14. The van der Waals surface area contributed by atoms with Crippen molar-refractivity contribution in [2.24, 2.45) is 0 Å². The zero-order chi connectivity index (χ0) is 10.6. The summed E-state index contributed by atoms with van der Waals surface area (Å²) in [6.45, 7) is 3.03. The molecule has 0 aromatic rings. The van der Waals surface area contributed by atoms with E-state index in [-0.39, 0.29) is 23.9 Å². The van der Waals surface area contributed by atoms with Gasteiger partial charge in [0, 0.05) is 25.9 Å². The molecule has 0 spiro atoms. The fraction of sp³-hybridized carbons (Fsp3) is 0.800. The molecule has 0 aromatic carbocycles. The Balaban J connectivity index is 2.49. The van der Waals surface area contributed by atoms with Gasteiger partial charge in [-0.25, -0.2) is 0 Å². The van der Waals surface area contributed by atoms with E-state index in [1.54, 1.807) is 0 Å². The monoisotopic (exact) mass is 198 g/mol. The van der Waals surface area contributed by atoms with E-state index in [4.69, 9.17) is 0 Å². The van der Waals surface area contributed by atoms with Crippen molar-refractivity contribution in [3.05, 3.63) is 0 Å². The molecule has 2 atom stereocenters. The Kier molecular flexibility index (Phi) is 3.92. The van der Waals surface area contributed by atoms with Crippen LogP contribution in [-0.4, -0.2) is 23.9 Å². The second-order valence-corrected chi connectivity index (χ2v) is 3.90. The SMILES string of the molecule is CC(=O)N[C@H]1CCCC[C@H]1NC(C)=O. The Morgan fingerprint density at radius 1 is 0.929 bits per heavy atom. The van der Waals surface area contributed by atoms with Crippen molar-refractivity contribution < 1.29 is 9.59 Å². The summed E-state index contributed by atoms with van der Waals surface area (Å²) in [6.07, 6.45) is 4.18. The van der Waals surface area contributed by atoms with E-state index in [0.29, 0.717) is 0 Å². The molecule has 1 fully saturated rings. The van der Waals surface area contributed by atoms with Crippen LogP contribution in [-0.2, 0) is 9.59 Å². The van der Waals surface area contributed by atoms with E-state index in [1.165, 1.54) is 13.8 Å². The normalized spacial score (nSPS) is 26.7. The van der Waals surface area contributed by atoms with Crippen LogP contribution in [0.5, 0.6) is 0 Å². The van der Waals surface area contributed by atoms with Gasteiger partial charge in [-0.15, -0.1) is 0 Å². The number of carbonyl (C=O) groups is 2. The fourth-order valence-corrected chi connectivity index (χ4v) is 2.00. The van der Waals surface area contributed by atoms with E-state index in [0.717, 1.165) is 25.7 Å². The van der Waals surface area contributed by atoms with Gasteiger partial charge in [0.1, 0.15) is 0 Å². The number of hydrogen-bond acceptors (Lipinski definition) is 2. The van der Waals surface area contributed by atoms with Crippen molar-refractivity contribution in [1.29, 1.82) is 0 Å². The summed E-state index contributed by atoms with van der Waals surface area (Å²) < 4.78 is 0. The van der Waals surface area contributed by atoms with Crippen LogP contribution in [0.15, 0.2) is 0 Å². The summed E-state index contributed by atoms with van der Waals surface area (Å²) in [6, 6.07) is 0.232. The molecule has 0 unspecified atom stereocenters. The van der Waals surface area contributed by atoms with Gasteiger partial charge in [-0.1, -0.05) is 12.8 Å². The second kappa shape index (κ2) is 4.98. The summed E-state index contributed by atoms with van der Waals surface area (Å²) in [7, 11) is 0. The van der Waals surface area contributed by atoms with Crippen LogP contribution in [0.2, 0.25) is 0 Å². The molecule has 4 heteroatoms. The lowest BCUT2D eigenvalue weighted by Crippen LogP contribution is -2.52. The maximum atomic E-state index is 10.9. The van der Waals surface area contributed by atoms with E-state index in [9.17, 15) is 9.59 Å². The van der Waals surface area contributed by atoms with Gasteiger partial charge < -0.3 is 10.6 Å². The summed E-state index contributed by atoms with van der Waals surface area (Å²) in [5.74, 6) is -0.0421. The van der Waals surface area contributed by atoms with Crippen LogP contribution in [0.25, 0.3) is 0 Å². The van der Waals surface area contributed by atoms with Crippen LogP contribution in [0.4, 0.5) is 0 Å². The molecule has 1 aliphatic carbocycles. The second-order valence-electron chi connectivity index (χ2n) is 3.90. The molecule has 0 radical (unpaired) electrons. The standard InChI is InChI=1S/C10H18N2O2/c1-7(13)11-9-5-3-4-6-10(9)12-8(2)14/h9-10H,3-6H2,1-2H3,(H,11,13)(H,12,14)/t9-,10+. The highest BCUT2D eigenvalue weighted by Gasteiger charge is 2.25. The molecule has 1 rings (SSSR count). The average Bonchev–Trinajstić information content (AvgIpc) is 2.06. The molecule has 0 heterocycles. The summed E-state index contributed by atoms with van der Waals surface area (Å²) in [5.41, 5.74) is 0. The molecule has 0 aliphatic heterocycles. The van der Waals surface area contributed by atoms with Crippen LogP contribution >= 0.6 is 0 Å². The first kappa shape index (κ1) is 11.0. The molecule has 1 saturated carbocycles. The van der Waals surface area contributed by atoms with E-state index in [2.05, 4.69) is 10.6 Å². The molecular formula is C10H18N2O2. The Labute approximate surface area is 84.4 Å². The van der Waals surface area contributed by atoms with Gasteiger partial charge in [-0.3, -0.25) is 9.59 Å². The number of amides is 2. The number of carbonyl (C=O) groups excluding carboxylic acids is 2. The van der Waals surface area contributed by atoms with E-state index < -0.39 is 0 Å². The first-order chi connectivity index (χ1) is 6.59. The smallest absolute Gasteiger partial charge is 0.217 e. The van der Waals surface area contributed by atoms with Gasteiger partial charge >= 0.3 is 0 Å². The Morgan fingerprint density at radius 2 is 1.29 bits per heavy atom. The van der Waals surface area contributed by atoms with Crippen LogP contribution in [0.1, 0.15) is 39.5 Å². The molecule has 14 heavy (non-hydrogen) atoms. The van der Waals surface area contributed by atoms with Crippen molar-refractivity contribution in [3.63, 3.8) is 0 Å². The Bertz CT molecular complexity index is 204. The molecule has 80 valence electrons. The van der Waals surface area contributed by atoms with Gasteiger partial charge in [-0.05, 0) is 12.8 Å². The van der Waals surface area contributed by atoms with Crippen molar-refractivity contribution in [3.8, 4) is 0 Å². The largest absolute Gasteiger partial charge is 0.352 e. The Hall–Kier alpha value is -1.06. The number of nitrogens with one attached hydrogen (secondary N) is 2. The minimum Gasteiger partial charge on any atom is -0.352 e. The van der Waals surface area contributed by atoms with Crippen molar-refractivity contribution in [2.45, 2.75) is 51.6 Å². The van der Waals surface area contributed by atoms with E-state index in [1.807, 2.05) is 0 Å². The minimum atomic E-state index is -0.0211. The number of rotatable bonds is 2. The van der Waals surface area contributed by atoms with Gasteiger partial charge in [0.15, 0.2) is 0 Å². The lowest BCUT2D eigenvalue weighted by molar-refractivity contribution is -0.122. The van der Waals surface area contributed by atoms with Crippen LogP contribution in [0.3, 0.4) is 0 Å². The highest BCUT2D eigenvalue weighted by molar-refractivity contribution is 5.75. The molecule has 2 N–H and O–H groups in total. The molecule has 2 amide bonds. The molecule has 0 bridgehead atoms. The lowest BCUT2D eigenvalue weighted by Gasteiger charge is -2.32. The highest BCUT2D eigenvalue weighted by Crippen LogP contribution is 2.18. The molecule has 0 aromatic heterocycles. The summed E-state index contributed by atoms with van der Waals surface area (Å²) in [4.78, 5) is 21.8. The van der Waals surface area contributed by atoms with Crippen molar-refractivity contribution >= 4 is 11.8 Å². The number of hydrogen-bond donors (Lipinski definition) is 2. The molecular weight excluding hydrogens is 180 g/mol. The summed E-state index contributed by atoms with van der Waals surface area (Å²) in [5, 5.41) is 5.77. The van der Waals surface area contributed by atoms with Crippen molar-refractivity contribution in [1.82, 2.24) is 10.6 Å². The predicted molar refractivity (Wildman–Crippen MR) is 53.7 cm³/mol. The van der Waals surface area contributed by atoms with Crippen LogP contribution in [0, 0.1) is 0 Å². The third-order valence-corrected chi connectivity index (χ3v) is 2.54. The topological polar surface area (TPSA) is 58.2 Å². The maximum Gasteiger partial charge on any atom is 0.217 e. The quantitative estimate of drug-likeness (QED) is 0.681. The van der Waals surface area contributed by atoms with Gasteiger partial charge in [0.25, 0.3) is 0 Å². The van der Waals surface area contributed by atoms with E-state index >= 15 is 0 Å². The fourth-order valence-electron chi connectivity index (χ4n) is 2.00. The minimum absolute atomic E-state index is 0.0211. The Morgan fingerprint density at radius 3 is 1.57 bits per heavy atom. The van der Waals surface area contributed by atoms with Crippen LogP contribution < -0.4 is 10.6 Å². The summed E-state index contributed by atoms with van der Waals surface area (Å²) >= 11 is 0. The molecule has 1 aliphatic rings. The molecule has 4 nitrogen and oxygen atoms in total. The maximum absolute atomic E-state index is 10.9. The predicted octanol–water partition coefficient (Wildman–Crippen LogP) is 0.570. The van der Waals surface area contributed by atoms with Gasteiger partial charge in [-0.2, -0.15) is 0 Å². The average molecular weight is 198 g/mol. The zero-order valence-corrected chi connectivity index (χ0v) is 8.80. The lowest BCUT2D eigenvalue weighted by atomic mass is 9.90. The highest BCUT2D eigenvalue weighted by atomic mass is 16.2. The van der Waals surface area contributed by atoms with Crippen molar-refractivity contribution in [2.75, 3.05) is 0 Å². The zero-order valence-electron chi connectivity index (χ0n) is 8.80.